The molecule has 1 aromatic heterocycles. The maximum absolute atomic E-state index is 11.6. The van der Waals surface area contributed by atoms with Crippen LogP contribution in [0.4, 0.5) is 5.69 Å². The largest absolute Gasteiger partial charge is 0.508 e. The average Bonchev–Trinajstić information content (AvgIpc) is 2.86. The van der Waals surface area contributed by atoms with Gasteiger partial charge in [0.15, 0.2) is 0 Å². The van der Waals surface area contributed by atoms with Gasteiger partial charge in [-0.05, 0) is 29.1 Å². The number of phenolic OH excluding ortho intramolecular Hbond substituents is 1. The molecule has 19 heavy (non-hydrogen) atoms. The SMILES string of the molecule is CN(Cc1ccsc1C(=O)NN)c1cccc(O)c1. The van der Waals surface area contributed by atoms with Gasteiger partial charge < -0.3 is 10.0 Å². The number of benzene rings is 1. The molecule has 1 aromatic carbocycles. The minimum absolute atomic E-state index is 0.217. The van der Waals surface area contributed by atoms with Gasteiger partial charge in [-0.3, -0.25) is 10.2 Å². The van der Waals surface area contributed by atoms with Gasteiger partial charge in [-0.1, -0.05) is 6.07 Å². The number of amides is 1. The molecule has 6 heteroatoms. The lowest BCUT2D eigenvalue weighted by atomic mass is 10.2. The number of thiophene rings is 1. The van der Waals surface area contributed by atoms with Gasteiger partial charge in [-0.2, -0.15) is 0 Å². The average molecular weight is 277 g/mol. The standard InChI is InChI=1S/C13H15N3O2S/c1-16(10-3-2-4-11(17)7-10)8-9-5-6-19-12(9)13(18)15-14/h2-7,17H,8,14H2,1H3,(H,15,18). The molecule has 0 aliphatic carbocycles. The van der Waals surface area contributed by atoms with Gasteiger partial charge >= 0.3 is 0 Å². The molecule has 0 saturated heterocycles. The van der Waals surface area contributed by atoms with Crippen molar-refractivity contribution >= 4 is 22.9 Å². The quantitative estimate of drug-likeness (QED) is 0.451. The second kappa shape index (κ2) is 5.73. The summed E-state index contributed by atoms with van der Waals surface area (Å²) in [5, 5.41) is 11.3. The molecule has 5 nitrogen and oxygen atoms in total. The molecule has 0 fully saturated rings. The fraction of sp³-hybridized carbons (Fsp3) is 0.154. The Kier molecular flexibility index (Phi) is 4.03. The molecule has 0 radical (unpaired) electrons. The summed E-state index contributed by atoms with van der Waals surface area (Å²) < 4.78 is 0. The van der Waals surface area contributed by atoms with Crippen LogP contribution in [-0.4, -0.2) is 18.1 Å². The first-order chi connectivity index (χ1) is 9.11. The summed E-state index contributed by atoms with van der Waals surface area (Å²) in [6.07, 6.45) is 0. The molecular weight excluding hydrogens is 262 g/mol. The summed E-state index contributed by atoms with van der Waals surface area (Å²) in [6, 6.07) is 8.87. The summed E-state index contributed by atoms with van der Waals surface area (Å²) in [6.45, 7) is 0.565. The van der Waals surface area contributed by atoms with E-state index < -0.39 is 0 Å². The Labute approximate surface area is 115 Å². The molecule has 4 N–H and O–H groups in total. The predicted molar refractivity (Wildman–Crippen MR) is 76.2 cm³/mol. The molecule has 0 aliphatic rings. The van der Waals surface area contributed by atoms with Crippen molar-refractivity contribution in [3.05, 3.63) is 46.2 Å². The van der Waals surface area contributed by atoms with Gasteiger partial charge in [-0.25, -0.2) is 5.84 Å². The number of hydrogen-bond acceptors (Lipinski definition) is 5. The number of rotatable bonds is 4. The van der Waals surface area contributed by atoms with Crippen LogP contribution in [0.3, 0.4) is 0 Å². The smallest absolute Gasteiger partial charge is 0.275 e. The number of hydrogen-bond donors (Lipinski definition) is 3. The summed E-state index contributed by atoms with van der Waals surface area (Å²) >= 11 is 1.35. The van der Waals surface area contributed by atoms with Crippen molar-refractivity contribution < 1.29 is 9.90 Å². The molecule has 0 bridgehead atoms. The summed E-state index contributed by atoms with van der Waals surface area (Å²) in [4.78, 5) is 14.1. The molecule has 100 valence electrons. The van der Waals surface area contributed by atoms with Crippen LogP contribution in [0.5, 0.6) is 5.75 Å². The number of phenols is 1. The first-order valence-corrected chi connectivity index (χ1v) is 6.57. The number of carbonyl (C=O) groups is 1. The highest BCUT2D eigenvalue weighted by Crippen LogP contribution is 2.23. The predicted octanol–water partition coefficient (Wildman–Crippen LogP) is 1.69. The molecule has 2 aromatic rings. The van der Waals surface area contributed by atoms with E-state index in [1.807, 2.05) is 29.5 Å². The van der Waals surface area contributed by atoms with Crippen molar-refractivity contribution in [3.8, 4) is 5.75 Å². The number of nitrogens with one attached hydrogen (secondary N) is 1. The number of hydrazine groups is 1. The zero-order valence-electron chi connectivity index (χ0n) is 10.5. The Morgan fingerprint density at radius 1 is 1.47 bits per heavy atom. The number of nitrogen functional groups attached to an aromatic ring is 1. The van der Waals surface area contributed by atoms with Gasteiger partial charge in [0.2, 0.25) is 0 Å². The number of nitrogens with zero attached hydrogens (tertiary/aromatic N) is 1. The summed E-state index contributed by atoms with van der Waals surface area (Å²) in [5.41, 5.74) is 3.92. The third kappa shape index (κ3) is 3.04. The van der Waals surface area contributed by atoms with E-state index in [1.165, 1.54) is 11.3 Å². The fourth-order valence-electron chi connectivity index (χ4n) is 1.80. The molecule has 1 heterocycles. The van der Waals surface area contributed by atoms with Crippen LogP contribution >= 0.6 is 11.3 Å². The van der Waals surface area contributed by atoms with Crippen molar-refractivity contribution in [2.75, 3.05) is 11.9 Å². The molecule has 0 spiro atoms. The number of carbonyl (C=O) groups excluding carboxylic acids is 1. The van der Waals surface area contributed by atoms with Crippen molar-refractivity contribution in [3.63, 3.8) is 0 Å². The molecule has 0 unspecified atom stereocenters. The molecular formula is C13H15N3O2S. The normalized spacial score (nSPS) is 10.2. The first-order valence-electron chi connectivity index (χ1n) is 5.69. The first kappa shape index (κ1) is 13.4. The van der Waals surface area contributed by atoms with Gasteiger partial charge in [-0.15, -0.1) is 11.3 Å². The van der Waals surface area contributed by atoms with Crippen LogP contribution in [0, 0.1) is 0 Å². The highest BCUT2D eigenvalue weighted by Gasteiger charge is 2.13. The minimum atomic E-state index is -0.283. The van der Waals surface area contributed by atoms with E-state index in [0.29, 0.717) is 11.4 Å². The lowest BCUT2D eigenvalue weighted by Gasteiger charge is -2.19. The second-order valence-corrected chi connectivity index (χ2v) is 5.04. The van der Waals surface area contributed by atoms with Gasteiger partial charge in [0.1, 0.15) is 5.75 Å². The van der Waals surface area contributed by atoms with E-state index in [0.717, 1.165) is 11.3 Å². The van der Waals surface area contributed by atoms with Gasteiger partial charge in [0.05, 0.1) is 4.88 Å². The van der Waals surface area contributed by atoms with Gasteiger partial charge in [0.25, 0.3) is 5.91 Å². The monoisotopic (exact) mass is 277 g/mol. The Balaban J connectivity index is 2.17. The van der Waals surface area contributed by atoms with E-state index in [2.05, 4.69) is 5.43 Å². The highest BCUT2D eigenvalue weighted by atomic mass is 32.1. The highest BCUT2D eigenvalue weighted by molar-refractivity contribution is 7.12. The van der Waals surface area contributed by atoms with Crippen LogP contribution in [0.1, 0.15) is 15.2 Å². The van der Waals surface area contributed by atoms with E-state index in [4.69, 9.17) is 5.84 Å². The van der Waals surface area contributed by atoms with E-state index in [-0.39, 0.29) is 11.7 Å². The van der Waals surface area contributed by atoms with E-state index >= 15 is 0 Å². The van der Waals surface area contributed by atoms with Crippen LogP contribution in [0.25, 0.3) is 0 Å². The van der Waals surface area contributed by atoms with E-state index in [1.54, 1.807) is 18.2 Å². The fourth-order valence-corrected chi connectivity index (χ4v) is 2.62. The Hall–Kier alpha value is -2.05. The minimum Gasteiger partial charge on any atom is -0.508 e. The summed E-state index contributed by atoms with van der Waals surface area (Å²) in [7, 11) is 1.90. The van der Waals surface area contributed by atoms with Gasteiger partial charge in [0, 0.05) is 25.3 Å². The molecule has 0 saturated carbocycles. The number of anilines is 1. The molecule has 1 amide bonds. The topological polar surface area (TPSA) is 78.6 Å². The van der Waals surface area contributed by atoms with Crippen molar-refractivity contribution in [2.45, 2.75) is 6.54 Å². The molecule has 2 rings (SSSR count). The van der Waals surface area contributed by atoms with Crippen molar-refractivity contribution in [1.29, 1.82) is 0 Å². The number of aromatic hydroxyl groups is 1. The van der Waals surface area contributed by atoms with Crippen LogP contribution < -0.4 is 16.2 Å². The zero-order valence-corrected chi connectivity index (χ0v) is 11.3. The van der Waals surface area contributed by atoms with Crippen LogP contribution in [0.15, 0.2) is 35.7 Å². The lowest BCUT2D eigenvalue weighted by molar-refractivity contribution is 0.0957. The zero-order chi connectivity index (χ0) is 13.8. The molecule has 0 atom stereocenters. The third-order valence-corrected chi connectivity index (χ3v) is 3.72. The molecule has 0 aliphatic heterocycles. The Morgan fingerprint density at radius 3 is 2.95 bits per heavy atom. The summed E-state index contributed by atoms with van der Waals surface area (Å²) in [5.74, 6) is 5.09. The van der Waals surface area contributed by atoms with Crippen molar-refractivity contribution in [2.24, 2.45) is 5.84 Å². The Morgan fingerprint density at radius 2 is 2.26 bits per heavy atom. The lowest BCUT2D eigenvalue weighted by Crippen LogP contribution is -2.30. The maximum atomic E-state index is 11.6. The van der Waals surface area contributed by atoms with Crippen LogP contribution in [-0.2, 0) is 6.54 Å². The second-order valence-electron chi connectivity index (χ2n) is 4.12. The maximum Gasteiger partial charge on any atom is 0.275 e. The number of nitrogens with two attached hydrogens (primary N) is 1. The van der Waals surface area contributed by atoms with E-state index in [9.17, 15) is 9.90 Å². The third-order valence-electron chi connectivity index (χ3n) is 2.76. The Bertz CT molecular complexity index is 583. The van der Waals surface area contributed by atoms with Crippen LogP contribution in [0.2, 0.25) is 0 Å². The van der Waals surface area contributed by atoms with Crippen molar-refractivity contribution in [1.82, 2.24) is 5.43 Å².